The third-order valence-electron chi connectivity index (χ3n) is 3.46. The number of anilines is 1. The third-order valence-corrected chi connectivity index (χ3v) is 4.19. The van der Waals surface area contributed by atoms with Gasteiger partial charge in [0.05, 0.1) is 18.4 Å². The number of aromatic nitrogens is 4. The smallest absolute Gasteiger partial charge is 0.274 e. The molecule has 0 saturated heterocycles. The Morgan fingerprint density at radius 2 is 2.15 bits per heavy atom. The van der Waals surface area contributed by atoms with E-state index < -0.39 is 0 Å². The highest BCUT2D eigenvalue weighted by Crippen LogP contribution is 2.15. The summed E-state index contributed by atoms with van der Waals surface area (Å²) in [6.45, 7) is 4.25. The molecule has 3 rings (SSSR count). The van der Waals surface area contributed by atoms with Crippen LogP contribution in [0.15, 0.2) is 47.9 Å². The van der Waals surface area contributed by atoms with Gasteiger partial charge in [0.15, 0.2) is 5.16 Å². The molecule has 0 aliphatic carbocycles. The zero-order valence-electron chi connectivity index (χ0n) is 14.4. The van der Waals surface area contributed by atoms with Gasteiger partial charge in [0, 0.05) is 11.9 Å². The SMILES string of the molecule is CCSc1nc(C)cc(C(=O)Nc2cnn(Cc3cccc(F)c3)c2)n1. The standard InChI is InChI=1S/C18H18FN5OS/c1-3-26-18-21-12(2)7-16(23-18)17(25)22-15-9-20-24(11-15)10-13-5-4-6-14(19)8-13/h4-9,11H,3,10H2,1-2H3,(H,22,25). The van der Waals surface area contributed by atoms with E-state index in [1.807, 2.05) is 19.9 Å². The number of aryl methyl sites for hydroxylation is 1. The number of hydrogen-bond acceptors (Lipinski definition) is 5. The lowest BCUT2D eigenvalue weighted by atomic mass is 10.2. The number of nitrogens with one attached hydrogen (secondary N) is 1. The minimum absolute atomic E-state index is 0.289. The van der Waals surface area contributed by atoms with Crippen LogP contribution in [0.5, 0.6) is 0 Å². The molecule has 26 heavy (non-hydrogen) atoms. The Balaban J connectivity index is 1.70. The number of benzene rings is 1. The molecule has 0 aliphatic rings. The maximum absolute atomic E-state index is 13.3. The van der Waals surface area contributed by atoms with E-state index >= 15 is 0 Å². The summed E-state index contributed by atoms with van der Waals surface area (Å²) in [6, 6.07) is 7.97. The van der Waals surface area contributed by atoms with Crippen LogP contribution in [0.2, 0.25) is 0 Å². The molecule has 0 aliphatic heterocycles. The molecule has 2 aromatic heterocycles. The van der Waals surface area contributed by atoms with Gasteiger partial charge in [-0.05, 0) is 36.4 Å². The van der Waals surface area contributed by atoms with Gasteiger partial charge in [0.25, 0.3) is 5.91 Å². The molecule has 0 fully saturated rings. The van der Waals surface area contributed by atoms with Crippen LogP contribution in [0, 0.1) is 12.7 Å². The summed E-state index contributed by atoms with van der Waals surface area (Å²) >= 11 is 1.48. The van der Waals surface area contributed by atoms with Crippen LogP contribution in [0.1, 0.15) is 28.7 Å². The van der Waals surface area contributed by atoms with Gasteiger partial charge >= 0.3 is 0 Å². The van der Waals surface area contributed by atoms with Gasteiger partial charge in [0.2, 0.25) is 0 Å². The first-order valence-electron chi connectivity index (χ1n) is 8.10. The highest BCUT2D eigenvalue weighted by molar-refractivity contribution is 7.99. The molecule has 134 valence electrons. The summed E-state index contributed by atoms with van der Waals surface area (Å²) in [6.07, 6.45) is 3.24. The van der Waals surface area contributed by atoms with E-state index in [-0.39, 0.29) is 11.7 Å². The van der Waals surface area contributed by atoms with Gasteiger partial charge in [-0.3, -0.25) is 9.48 Å². The predicted octanol–water partition coefficient (Wildman–Crippen LogP) is 3.53. The van der Waals surface area contributed by atoms with Crippen molar-refractivity contribution >= 4 is 23.4 Å². The van der Waals surface area contributed by atoms with Crippen molar-refractivity contribution in [2.75, 3.05) is 11.1 Å². The average Bonchev–Trinajstić information content (AvgIpc) is 3.01. The van der Waals surface area contributed by atoms with Crippen molar-refractivity contribution in [2.24, 2.45) is 0 Å². The monoisotopic (exact) mass is 371 g/mol. The Bertz CT molecular complexity index is 927. The zero-order chi connectivity index (χ0) is 18.5. The molecule has 6 nitrogen and oxygen atoms in total. The first-order valence-corrected chi connectivity index (χ1v) is 9.09. The first kappa shape index (κ1) is 18.1. The van der Waals surface area contributed by atoms with E-state index in [0.717, 1.165) is 17.0 Å². The molecule has 0 saturated carbocycles. The molecule has 0 spiro atoms. The van der Waals surface area contributed by atoms with Crippen LogP contribution in [0.25, 0.3) is 0 Å². The van der Waals surface area contributed by atoms with Crippen LogP contribution in [0.3, 0.4) is 0 Å². The van der Waals surface area contributed by atoms with Crippen LogP contribution < -0.4 is 5.32 Å². The molecule has 1 amide bonds. The van der Waals surface area contributed by atoms with Crippen LogP contribution in [-0.2, 0) is 6.54 Å². The Labute approximate surface area is 154 Å². The highest BCUT2D eigenvalue weighted by Gasteiger charge is 2.12. The molecular weight excluding hydrogens is 353 g/mol. The second-order valence-electron chi connectivity index (χ2n) is 5.62. The summed E-state index contributed by atoms with van der Waals surface area (Å²) < 4.78 is 14.9. The molecule has 0 radical (unpaired) electrons. The van der Waals surface area contributed by atoms with Crippen molar-refractivity contribution in [2.45, 2.75) is 25.5 Å². The number of carbonyl (C=O) groups is 1. The minimum Gasteiger partial charge on any atom is -0.318 e. The molecule has 8 heteroatoms. The Morgan fingerprint density at radius 3 is 2.92 bits per heavy atom. The second kappa shape index (κ2) is 8.09. The molecular formula is C18H18FN5OS. The second-order valence-corrected chi connectivity index (χ2v) is 6.85. The van der Waals surface area contributed by atoms with Gasteiger partial charge in [-0.25, -0.2) is 14.4 Å². The first-order chi connectivity index (χ1) is 12.5. The molecule has 1 N–H and O–H groups in total. The molecule has 0 atom stereocenters. The van der Waals surface area contributed by atoms with Crippen molar-refractivity contribution < 1.29 is 9.18 Å². The van der Waals surface area contributed by atoms with Gasteiger partial charge in [-0.2, -0.15) is 5.10 Å². The van der Waals surface area contributed by atoms with Crippen molar-refractivity contribution in [3.63, 3.8) is 0 Å². The van der Waals surface area contributed by atoms with Crippen LogP contribution >= 0.6 is 11.8 Å². The topological polar surface area (TPSA) is 72.7 Å². The Morgan fingerprint density at radius 1 is 1.31 bits per heavy atom. The molecule has 0 unspecified atom stereocenters. The van der Waals surface area contributed by atoms with Gasteiger partial charge in [-0.15, -0.1) is 0 Å². The maximum atomic E-state index is 13.3. The number of rotatable bonds is 6. The largest absolute Gasteiger partial charge is 0.318 e. The van der Waals surface area contributed by atoms with E-state index in [0.29, 0.717) is 23.1 Å². The number of hydrogen-bond donors (Lipinski definition) is 1. The van der Waals surface area contributed by atoms with Crippen molar-refractivity contribution in [3.8, 4) is 0 Å². The normalized spacial score (nSPS) is 10.7. The van der Waals surface area contributed by atoms with Gasteiger partial charge in [-0.1, -0.05) is 30.8 Å². The summed E-state index contributed by atoms with van der Waals surface area (Å²) in [5.41, 5.74) is 2.39. The number of halogens is 1. The lowest BCUT2D eigenvalue weighted by Gasteiger charge is -2.05. The number of amides is 1. The fourth-order valence-electron chi connectivity index (χ4n) is 2.38. The van der Waals surface area contributed by atoms with E-state index in [4.69, 9.17) is 0 Å². The van der Waals surface area contributed by atoms with E-state index in [1.54, 1.807) is 29.2 Å². The molecule has 2 heterocycles. The predicted molar refractivity (Wildman–Crippen MR) is 98.8 cm³/mol. The Kier molecular flexibility index (Phi) is 5.62. The fourth-order valence-corrected chi connectivity index (χ4v) is 3.01. The van der Waals surface area contributed by atoms with E-state index in [1.165, 1.54) is 23.9 Å². The van der Waals surface area contributed by atoms with E-state index in [2.05, 4.69) is 20.4 Å². The van der Waals surface area contributed by atoms with Crippen LogP contribution in [0.4, 0.5) is 10.1 Å². The summed E-state index contributed by atoms with van der Waals surface area (Å²) in [4.78, 5) is 21.0. The average molecular weight is 371 g/mol. The van der Waals surface area contributed by atoms with Crippen LogP contribution in [-0.4, -0.2) is 31.4 Å². The number of thioether (sulfide) groups is 1. The third kappa shape index (κ3) is 4.66. The maximum Gasteiger partial charge on any atom is 0.274 e. The summed E-state index contributed by atoms with van der Waals surface area (Å²) in [7, 11) is 0. The van der Waals surface area contributed by atoms with Crippen molar-refractivity contribution in [3.05, 3.63) is 65.5 Å². The number of carbonyl (C=O) groups excluding carboxylic acids is 1. The minimum atomic E-state index is -0.321. The van der Waals surface area contributed by atoms with Gasteiger partial charge in [0.1, 0.15) is 11.5 Å². The molecule has 1 aromatic carbocycles. The lowest BCUT2D eigenvalue weighted by Crippen LogP contribution is -2.14. The Hall–Kier alpha value is -2.74. The fraction of sp³-hybridized carbons (Fsp3) is 0.222. The zero-order valence-corrected chi connectivity index (χ0v) is 15.3. The number of nitrogens with zero attached hydrogens (tertiary/aromatic N) is 4. The van der Waals surface area contributed by atoms with Crippen molar-refractivity contribution in [1.29, 1.82) is 0 Å². The molecule has 0 bridgehead atoms. The van der Waals surface area contributed by atoms with E-state index in [9.17, 15) is 9.18 Å². The summed E-state index contributed by atoms with van der Waals surface area (Å²) in [5, 5.41) is 7.55. The lowest BCUT2D eigenvalue weighted by molar-refractivity contribution is 0.102. The van der Waals surface area contributed by atoms with Crippen molar-refractivity contribution in [1.82, 2.24) is 19.7 Å². The quantitative estimate of drug-likeness (QED) is 0.530. The highest BCUT2D eigenvalue weighted by atomic mass is 32.2. The molecule has 3 aromatic rings. The summed E-state index contributed by atoms with van der Waals surface area (Å²) in [5.74, 6) is 0.221. The van der Waals surface area contributed by atoms with Gasteiger partial charge < -0.3 is 5.32 Å².